The van der Waals surface area contributed by atoms with Crippen molar-refractivity contribution in [3.8, 4) is 11.5 Å². The molecule has 0 saturated carbocycles. The molecule has 1 aliphatic rings. The van der Waals surface area contributed by atoms with Crippen molar-refractivity contribution < 1.29 is 19.1 Å². The third kappa shape index (κ3) is 6.36. The van der Waals surface area contributed by atoms with E-state index < -0.39 is 5.92 Å². The molecule has 1 heterocycles. The van der Waals surface area contributed by atoms with Crippen molar-refractivity contribution in [2.75, 3.05) is 18.1 Å². The van der Waals surface area contributed by atoms with Crippen molar-refractivity contribution >= 4 is 46.9 Å². The minimum Gasteiger partial charge on any atom is -0.490 e. The second-order valence-electron chi connectivity index (χ2n) is 8.15. The summed E-state index contributed by atoms with van der Waals surface area (Å²) >= 11 is 12.0. The average molecular weight is 526 g/mol. The number of hydrazone groups is 1. The molecule has 0 spiro atoms. The Bertz CT molecular complexity index is 1270. The van der Waals surface area contributed by atoms with E-state index in [1.165, 1.54) is 6.21 Å². The van der Waals surface area contributed by atoms with Crippen molar-refractivity contribution in [1.29, 1.82) is 0 Å². The molecule has 3 aromatic carbocycles. The molecule has 1 atom stereocenters. The molecule has 0 radical (unpaired) electrons. The summed E-state index contributed by atoms with van der Waals surface area (Å²) < 4.78 is 11.6. The number of hydrogen-bond donors (Lipinski definition) is 1. The number of hydrogen-bond acceptors (Lipinski definition) is 5. The van der Waals surface area contributed by atoms with Crippen LogP contribution < -0.4 is 19.8 Å². The number of halogens is 2. The molecule has 3 aromatic rings. The molecule has 36 heavy (non-hydrogen) atoms. The molecule has 1 N–H and O–H groups in total. The van der Waals surface area contributed by atoms with E-state index in [1.807, 2.05) is 43.3 Å². The first-order chi connectivity index (χ1) is 17.4. The van der Waals surface area contributed by atoms with Gasteiger partial charge in [-0.2, -0.15) is 5.10 Å². The fraction of sp³-hybridized carbons (Fsp3) is 0.222. The van der Waals surface area contributed by atoms with Gasteiger partial charge >= 0.3 is 0 Å². The quantitative estimate of drug-likeness (QED) is 0.296. The molecule has 186 valence electrons. The Balaban J connectivity index is 1.35. The van der Waals surface area contributed by atoms with Crippen LogP contribution in [0.5, 0.6) is 11.5 Å². The zero-order valence-corrected chi connectivity index (χ0v) is 21.1. The molecule has 0 aromatic heterocycles. The minimum atomic E-state index is -0.467. The highest BCUT2D eigenvalue weighted by atomic mass is 35.5. The van der Waals surface area contributed by atoms with Gasteiger partial charge in [0, 0.05) is 18.7 Å². The predicted octanol–water partition coefficient (Wildman–Crippen LogP) is 5.47. The van der Waals surface area contributed by atoms with Crippen molar-refractivity contribution in [2.24, 2.45) is 11.0 Å². The first-order valence-electron chi connectivity index (χ1n) is 11.5. The highest BCUT2D eigenvalue weighted by molar-refractivity contribution is 6.42. The van der Waals surface area contributed by atoms with Gasteiger partial charge in [-0.3, -0.25) is 9.59 Å². The maximum absolute atomic E-state index is 12.6. The fourth-order valence-corrected chi connectivity index (χ4v) is 4.11. The van der Waals surface area contributed by atoms with Crippen molar-refractivity contribution in [3.63, 3.8) is 0 Å². The molecular weight excluding hydrogens is 501 g/mol. The summed E-state index contributed by atoms with van der Waals surface area (Å²) in [6.07, 6.45) is 1.67. The second-order valence-corrected chi connectivity index (χ2v) is 8.97. The molecule has 1 fully saturated rings. The van der Waals surface area contributed by atoms with Crippen LogP contribution in [0.25, 0.3) is 0 Å². The first-order valence-corrected chi connectivity index (χ1v) is 12.2. The summed E-state index contributed by atoms with van der Waals surface area (Å²) in [5.74, 6) is 0.265. The number of anilines is 1. The third-order valence-electron chi connectivity index (χ3n) is 5.60. The van der Waals surface area contributed by atoms with E-state index in [-0.39, 0.29) is 18.2 Å². The van der Waals surface area contributed by atoms with Crippen molar-refractivity contribution in [2.45, 2.75) is 20.0 Å². The van der Waals surface area contributed by atoms with Gasteiger partial charge in [-0.05, 0) is 60.5 Å². The lowest BCUT2D eigenvalue weighted by Crippen LogP contribution is -2.30. The Labute approximate surface area is 219 Å². The van der Waals surface area contributed by atoms with Gasteiger partial charge in [0.15, 0.2) is 11.5 Å². The van der Waals surface area contributed by atoms with E-state index in [9.17, 15) is 9.59 Å². The predicted molar refractivity (Wildman–Crippen MR) is 141 cm³/mol. The second kappa shape index (κ2) is 11.9. The monoisotopic (exact) mass is 525 g/mol. The topological polar surface area (TPSA) is 80.2 Å². The van der Waals surface area contributed by atoms with Gasteiger partial charge in [0.2, 0.25) is 11.8 Å². The summed E-state index contributed by atoms with van der Waals surface area (Å²) in [7, 11) is 0. The van der Waals surface area contributed by atoms with Crippen LogP contribution in [0.4, 0.5) is 5.69 Å². The standard InChI is InChI=1S/C27H25Cl2N3O4/c1-2-35-25-13-18(9-11-24(25)36-17-19-8-10-22(28)23(29)12-19)15-30-31-27(34)20-14-26(33)32(16-20)21-6-4-3-5-7-21/h3-13,15,20H,2,14,16-17H2,1H3,(H,31,34)/b30-15-/t20-/m0/s1. The zero-order chi connectivity index (χ0) is 25.5. The fourth-order valence-electron chi connectivity index (χ4n) is 3.79. The maximum Gasteiger partial charge on any atom is 0.245 e. The van der Waals surface area contributed by atoms with Gasteiger partial charge in [0.1, 0.15) is 6.61 Å². The Kier molecular flexibility index (Phi) is 8.46. The molecular formula is C27H25Cl2N3O4. The summed E-state index contributed by atoms with van der Waals surface area (Å²) in [6.45, 7) is 2.95. The molecule has 9 heteroatoms. The van der Waals surface area contributed by atoms with Crippen LogP contribution in [0.3, 0.4) is 0 Å². The van der Waals surface area contributed by atoms with Gasteiger partial charge in [0.05, 0.1) is 28.8 Å². The van der Waals surface area contributed by atoms with E-state index in [4.69, 9.17) is 32.7 Å². The summed E-state index contributed by atoms with van der Waals surface area (Å²) in [6, 6.07) is 20.0. The van der Waals surface area contributed by atoms with Gasteiger partial charge < -0.3 is 14.4 Å². The van der Waals surface area contributed by atoms with Gasteiger partial charge in [-0.1, -0.05) is 47.5 Å². The number of carbonyl (C=O) groups is 2. The smallest absolute Gasteiger partial charge is 0.245 e. The SMILES string of the molecule is CCOc1cc(/C=N\NC(=O)[C@H]2CC(=O)N(c3ccccc3)C2)ccc1OCc1ccc(Cl)c(Cl)c1. The van der Waals surface area contributed by atoms with Crippen LogP contribution in [0.2, 0.25) is 10.0 Å². The first kappa shape index (κ1) is 25.5. The van der Waals surface area contributed by atoms with Crippen LogP contribution in [-0.4, -0.2) is 31.2 Å². The van der Waals surface area contributed by atoms with E-state index in [1.54, 1.807) is 35.2 Å². The Hall–Kier alpha value is -3.55. The lowest BCUT2D eigenvalue weighted by Gasteiger charge is -2.16. The number of nitrogens with zero attached hydrogens (tertiary/aromatic N) is 2. The van der Waals surface area contributed by atoms with Crippen LogP contribution in [0.1, 0.15) is 24.5 Å². The number of carbonyl (C=O) groups excluding carboxylic acids is 2. The van der Waals surface area contributed by atoms with E-state index in [0.717, 1.165) is 11.3 Å². The normalized spacial score (nSPS) is 15.4. The van der Waals surface area contributed by atoms with Crippen LogP contribution >= 0.6 is 23.2 Å². The highest BCUT2D eigenvalue weighted by Crippen LogP contribution is 2.30. The lowest BCUT2D eigenvalue weighted by atomic mass is 10.1. The lowest BCUT2D eigenvalue weighted by molar-refractivity contribution is -0.126. The van der Waals surface area contributed by atoms with Gasteiger partial charge in [0.25, 0.3) is 0 Å². The maximum atomic E-state index is 12.6. The number of nitrogens with one attached hydrogen (secondary N) is 1. The molecule has 7 nitrogen and oxygen atoms in total. The van der Waals surface area contributed by atoms with Crippen LogP contribution in [-0.2, 0) is 16.2 Å². The van der Waals surface area contributed by atoms with E-state index in [2.05, 4.69) is 10.5 Å². The Morgan fingerprint density at radius 2 is 1.86 bits per heavy atom. The molecule has 4 rings (SSSR count). The summed E-state index contributed by atoms with van der Waals surface area (Å²) in [5, 5.41) is 5.02. The molecule has 1 saturated heterocycles. The zero-order valence-electron chi connectivity index (χ0n) is 19.6. The Morgan fingerprint density at radius 1 is 1.06 bits per heavy atom. The van der Waals surface area contributed by atoms with Crippen molar-refractivity contribution in [3.05, 3.63) is 87.9 Å². The molecule has 0 unspecified atom stereocenters. The van der Waals surface area contributed by atoms with Gasteiger partial charge in [-0.15, -0.1) is 0 Å². The Morgan fingerprint density at radius 3 is 2.61 bits per heavy atom. The molecule has 0 bridgehead atoms. The number of para-hydroxylation sites is 1. The average Bonchev–Trinajstić information content (AvgIpc) is 3.28. The van der Waals surface area contributed by atoms with E-state index >= 15 is 0 Å². The van der Waals surface area contributed by atoms with Crippen LogP contribution in [0.15, 0.2) is 71.8 Å². The molecule has 2 amide bonds. The molecule has 0 aliphatic carbocycles. The third-order valence-corrected chi connectivity index (χ3v) is 6.34. The number of amides is 2. The summed E-state index contributed by atoms with van der Waals surface area (Å²) in [5.41, 5.74) is 4.92. The van der Waals surface area contributed by atoms with E-state index in [0.29, 0.717) is 46.9 Å². The van der Waals surface area contributed by atoms with Gasteiger partial charge in [-0.25, -0.2) is 5.43 Å². The highest BCUT2D eigenvalue weighted by Gasteiger charge is 2.35. The summed E-state index contributed by atoms with van der Waals surface area (Å²) in [4.78, 5) is 26.6. The minimum absolute atomic E-state index is 0.0804. The molecule has 1 aliphatic heterocycles. The number of ether oxygens (including phenoxy) is 2. The van der Waals surface area contributed by atoms with Crippen molar-refractivity contribution in [1.82, 2.24) is 5.43 Å². The largest absolute Gasteiger partial charge is 0.490 e. The van der Waals surface area contributed by atoms with Crippen LogP contribution in [0, 0.1) is 5.92 Å². The number of rotatable bonds is 9. The number of benzene rings is 3.